The number of benzene rings is 1. The lowest BCUT2D eigenvalue weighted by atomic mass is 10.0. The number of halogens is 1. The molecule has 0 spiro atoms. The second kappa shape index (κ2) is 7.80. The van der Waals surface area contributed by atoms with Crippen LogP contribution >= 0.6 is 33.9 Å². The van der Waals surface area contributed by atoms with E-state index in [1.807, 2.05) is 24.3 Å². The Kier molecular flexibility index (Phi) is 4.98. The number of alkyl halides is 1. The topological polar surface area (TPSA) is 126 Å². The molecule has 1 aliphatic rings. The van der Waals surface area contributed by atoms with Gasteiger partial charge in [0.1, 0.15) is 22.2 Å². The van der Waals surface area contributed by atoms with Crippen LogP contribution in [0, 0.1) is 5.92 Å². The molecule has 1 aliphatic carbocycles. The standard InChI is InChI=1S/C19H15IN6O3S/c20-7-10-3-1-2-4-11(10)13-12(8-29-26-13)18(28)21-15-14-16(25-24-15)22-19(30-14)23-17(27)9-5-6-9/h1-4,8-9H,5-7H2,(H3,21,22,23,24,25,27,28). The number of fused-ring (bicyclic) bond motifs is 1. The minimum Gasteiger partial charge on any atom is -0.363 e. The van der Waals surface area contributed by atoms with Gasteiger partial charge in [-0.25, -0.2) is 4.98 Å². The van der Waals surface area contributed by atoms with Crippen LogP contribution in [0.1, 0.15) is 28.8 Å². The van der Waals surface area contributed by atoms with Gasteiger partial charge in [0.2, 0.25) is 5.91 Å². The van der Waals surface area contributed by atoms with Gasteiger partial charge in [0.05, 0.1) is 0 Å². The van der Waals surface area contributed by atoms with Crippen LogP contribution in [0.2, 0.25) is 0 Å². The van der Waals surface area contributed by atoms with Crippen LogP contribution in [-0.4, -0.2) is 32.2 Å². The van der Waals surface area contributed by atoms with Gasteiger partial charge in [-0.15, -0.1) is 0 Å². The molecule has 0 saturated heterocycles. The second-order valence-corrected chi connectivity index (χ2v) is 8.62. The smallest absolute Gasteiger partial charge is 0.262 e. The highest BCUT2D eigenvalue weighted by atomic mass is 127. The normalized spacial score (nSPS) is 13.5. The maximum Gasteiger partial charge on any atom is 0.262 e. The third-order valence-electron chi connectivity index (χ3n) is 4.76. The summed E-state index contributed by atoms with van der Waals surface area (Å²) in [5.41, 5.74) is 3.20. The van der Waals surface area contributed by atoms with Crippen molar-refractivity contribution in [1.29, 1.82) is 0 Å². The largest absolute Gasteiger partial charge is 0.363 e. The number of carbonyl (C=O) groups excluding carboxylic acids is 2. The van der Waals surface area contributed by atoms with Crippen molar-refractivity contribution in [2.75, 3.05) is 10.6 Å². The van der Waals surface area contributed by atoms with Gasteiger partial charge in [0.25, 0.3) is 5.91 Å². The van der Waals surface area contributed by atoms with Crippen molar-refractivity contribution >= 4 is 67.0 Å². The lowest BCUT2D eigenvalue weighted by molar-refractivity contribution is -0.117. The Balaban J connectivity index is 1.40. The van der Waals surface area contributed by atoms with E-state index in [1.54, 1.807) is 0 Å². The zero-order valence-corrected chi connectivity index (χ0v) is 18.4. The summed E-state index contributed by atoms with van der Waals surface area (Å²) in [5.74, 6) is 0.0172. The van der Waals surface area contributed by atoms with E-state index in [9.17, 15) is 9.59 Å². The summed E-state index contributed by atoms with van der Waals surface area (Å²) in [6.07, 6.45) is 3.16. The molecule has 3 N–H and O–H groups in total. The molecule has 1 aromatic carbocycles. The van der Waals surface area contributed by atoms with Crippen LogP contribution in [-0.2, 0) is 9.22 Å². The minimum absolute atomic E-state index is 0.0204. The van der Waals surface area contributed by atoms with Crippen molar-refractivity contribution in [2.45, 2.75) is 17.3 Å². The van der Waals surface area contributed by atoms with Gasteiger partial charge in [0, 0.05) is 15.9 Å². The molecule has 1 saturated carbocycles. The molecule has 0 unspecified atom stereocenters. The predicted molar refractivity (Wildman–Crippen MR) is 121 cm³/mol. The highest BCUT2D eigenvalue weighted by Crippen LogP contribution is 2.34. The molecule has 0 bridgehead atoms. The summed E-state index contributed by atoms with van der Waals surface area (Å²) in [4.78, 5) is 29.2. The molecule has 5 rings (SSSR count). The summed E-state index contributed by atoms with van der Waals surface area (Å²) in [7, 11) is 0. The first-order chi connectivity index (χ1) is 14.6. The van der Waals surface area contributed by atoms with E-state index in [0.717, 1.165) is 28.4 Å². The highest BCUT2D eigenvalue weighted by Gasteiger charge is 2.30. The zero-order valence-electron chi connectivity index (χ0n) is 15.4. The number of rotatable bonds is 6. The average Bonchev–Trinajstić information content (AvgIpc) is 3.19. The number of thiazole rings is 1. The first-order valence-electron chi connectivity index (χ1n) is 9.19. The molecule has 30 heavy (non-hydrogen) atoms. The molecule has 2 amide bonds. The lowest BCUT2D eigenvalue weighted by Gasteiger charge is -2.06. The highest BCUT2D eigenvalue weighted by molar-refractivity contribution is 14.1. The van der Waals surface area contributed by atoms with Crippen molar-refractivity contribution in [3.05, 3.63) is 41.7 Å². The van der Waals surface area contributed by atoms with E-state index in [-0.39, 0.29) is 17.7 Å². The third kappa shape index (κ3) is 3.58. The van der Waals surface area contributed by atoms with Crippen LogP contribution in [0.4, 0.5) is 10.9 Å². The number of hydrogen-bond acceptors (Lipinski definition) is 7. The number of aromatic nitrogens is 4. The number of nitrogens with zero attached hydrogens (tertiary/aromatic N) is 3. The minimum atomic E-state index is -0.389. The number of anilines is 2. The van der Waals surface area contributed by atoms with Crippen LogP contribution in [0.3, 0.4) is 0 Å². The van der Waals surface area contributed by atoms with E-state index in [4.69, 9.17) is 4.52 Å². The fourth-order valence-corrected chi connectivity index (χ4v) is 4.57. The summed E-state index contributed by atoms with van der Waals surface area (Å²) >= 11 is 3.53. The number of hydrogen-bond donors (Lipinski definition) is 3. The molecule has 0 aliphatic heterocycles. The third-order valence-corrected chi connectivity index (χ3v) is 6.56. The lowest BCUT2D eigenvalue weighted by Crippen LogP contribution is -2.13. The molecule has 9 nitrogen and oxygen atoms in total. The predicted octanol–water partition coefficient (Wildman–Crippen LogP) is 4.21. The second-order valence-electron chi connectivity index (χ2n) is 6.85. The summed E-state index contributed by atoms with van der Waals surface area (Å²) in [5, 5.41) is 17.0. The Labute approximate surface area is 187 Å². The Bertz CT molecular complexity index is 1260. The molecule has 0 atom stereocenters. The molecule has 11 heteroatoms. The van der Waals surface area contributed by atoms with Gasteiger partial charge < -0.3 is 15.2 Å². The first-order valence-corrected chi connectivity index (χ1v) is 11.5. The van der Waals surface area contributed by atoms with Crippen molar-refractivity contribution in [3.63, 3.8) is 0 Å². The van der Waals surface area contributed by atoms with Crippen molar-refractivity contribution in [3.8, 4) is 11.3 Å². The van der Waals surface area contributed by atoms with Gasteiger partial charge in [-0.2, -0.15) is 5.10 Å². The van der Waals surface area contributed by atoms with Crippen molar-refractivity contribution in [2.24, 2.45) is 5.92 Å². The fourth-order valence-electron chi connectivity index (χ4n) is 3.04. The molecule has 3 heterocycles. The number of H-pyrrole nitrogens is 1. The van der Waals surface area contributed by atoms with Crippen LogP contribution in [0.5, 0.6) is 0 Å². The van der Waals surface area contributed by atoms with E-state index >= 15 is 0 Å². The van der Waals surface area contributed by atoms with Crippen molar-refractivity contribution in [1.82, 2.24) is 20.3 Å². The van der Waals surface area contributed by atoms with Crippen molar-refractivity contribution < 1.29 is 14.1 Å². The molecule has 4 aromatic rings. The fraction of sp³-hybridized carbons (Fsp3) is 0.211. The summed E-state index contributed by atoms with van der Waals surface area (Å²) < 4.78 is 6.53. The van der Waals surface area contributed by atoms with E-state index in [2.05, 4.69) is 53.6 Å². The van der Waals surface area contributed by atoms with Crippen LogP contribution in [0.15, 0.2) is 35.1 Å². The molecular weight excluding hydrogens is 519 g/mol. The number of nitrogens with one attached hydrogen (secondary N) is 3. The van der Waals surface area contributed by atoms with Crippen LogP contribution in [0.25, 0.3) is 21.6 Å². The number of amides is 2. The quantitative estimate of drug-likeness (QED) is 0.252. The number of aromatic amines is 1. The molecular formula is C19H15IN6O3S. The van der Waals surface area contributed by atoms with Gasteiger partial charge in [-0.1, -0.05) is 63.3 Å². The Hall–Kier alpha value is -2.80. The molecule has 0 radical (unpaired) electrons. The average molecular weight is 534 g/mol. The maximum atomic E-state index is 12.9. The summed E-state index contributed by atoms with van der Waals surface area (Å²) in [6, 6.07) is 7.74. The Morgan fingerprint density at radius 1 is 1.27 bits per heavy atom. The van der Waals surface area contributed by atoms with Gasteiger partial charge in [0.15, 0.2) is 16.6 Å². The molecule has 1 fully saturated rings. The first kappa shape index (κ1) is 19.2. The monoisotopic (exact) mass is 534 g/mol. The number of carbonyl (C=O) groups is 2. The maximum absolute atomic E-state index is 12.9. The molecule has 3 aromatic heterocycles. The van der Waals surface area contributed by atoms with Crippen LogP contribution < -0.4 is 10.6 Å². The SMILES string of the molecule is O=C(Nc1n[nH]c2nc(NC(=O)C3CC3)sc12)c1conc1-c1ccccc1CI. The Morgan fingerprint density at radius 2 is 2.10 bits per heavy atom. The van der Waals surface area contributed by atoms with Gasteiger partial charge in [-0.3, -0.25) is 14.7 Å². The zero-order chi connectivity index (χ0) is 20.7. The Morgan fingerprint density at radius 3 is 2.90 bits per heavy atom. The van der Waals surface area contributed by atoms with Gasteiger partial charge >= 0.3 is 0 Å². The molecule has 152 valence electrons. The van der Waals surface area contributed by atoms with E-state index < -0.39 is 0 Å². The van der Waals surface area contributed by atoms with E-state index in [0.29, 0.717) is 32.6 Å². The summed E-state index contributed by atoms with van der Waals surface area (Å²) in [6.45, 7) is 0. The van der Waals surface area contributed by atoms with E-state index in [1.165, 1.54) is 17.6 Å². The van der Waals surface area contributed by atoms with Gasteiger partial charge in [-0.05, 0) is 18.4 Å².